The number of rotatable bonds is 8. The molecule has 40 heavy (non-hydrogen) atoms. The Kier molecular flexibility index (Phi) is 7.52. The molecule has 9 heteroatoms. The maximum atomic E-state index is 13.2. The summed E-state index contributed by atoms with van der Waals surface area (Å²) in [5.41, 5.74) is 3.29. The molecule has 1 aromatic heterocycles. The fraction of sp³-hybridized carbons (Fsp3) is 0.0645. The van der Waals surface area contributed by atoms with Crippen LogP contribution >= 0.6 is 11.6 Å². The van der Waals surface area contributed by atoms with Crippen LogP contribution in [0.5, 0.6) is 11.5 Å². The molecule has 1 heterocycles. The van der Waals surface area contributed by atoms with Crippen molar-refractivity contribution >= 4 is 39.9 Å². The Bertz CT molecular complexity index is 1740. The number of ketones is 1. The number of fused-ring (bicyclic) bond motifs is 1. The summed E-state index contributed by atoms with van der Waals surface area (Å²) in [4.78, 5) is 41.0. The van der Waals surface area contributed by atoms with Gasteiger partial charge in [0.1, 0.15) is 11.5 Å². The highest BCUT2D eigenvalue weighted by Gasteiger charge is 2.19. The average molecular weight is 553 g/mol. The summed E-state index contributed by atoms with van der Waals surface area (Å²) in [6, 6.07) is 26.4. The fourth-order valence-electron chi connectivity index (χ4n) is 4.10. The molecule has 0 atom stereocenters. The molecule has 5 rings (SSSR count). The second-order valence-corrected chi connectivity index (χ2v) is 9.27. The van der Waals surface area contributed by atoms with Crippen LogP contribution in [0.3, 0.4) is 0 Å². The zero-order chi connectivity index (χ0) is 28.2. The Hall–Kier alpha value is -5.08. The number of nitrogens with zero attached hydrogens (tertiary/aromatic N) is 2. The van der Waals surface area contributed by atoms with Gasteiger partial charge in [0.25, 0.3) is 5.69 Å². The molecule has 0 saturated heterocycles. The molecule has 0 aliphatic carbocycles. The van der Waals surface area contributed by atoms with Crippen molar-refractivity contribution in [2.24, 2.45) is 0 Å². The summed E-state index contributed by atoms with van der Waals surface area (Å²) in [6.07, 6.45) is 0. The van der Waals surface area contributed by atoms with Gasteiger partial charge in [-0.25, -0.2) is 9.78 Å². The quantitative estimate of drug-likeness (QED) is 0.0843. The molecule has 0 unspecified atom stereocenters. The Morgan fingerprint density at radius 2 is 1.55 bits per heavy atom. The number of nitro benzene ring substituents is 1. The van der Waals surface area contributed by atoms with Gasteiger partial charge >= 0.3 is 5.97 Å². The number of pyridine rings is 1. The number of esters is 1. The molecular formula is C31H21ClN2O6. The van der Waals surface area contributed by atoms with Crippen LogP contribution in [-0.4, -0.2) is 28.3 Å². The molecular weight excluding hydrogens is 532 g/mol. The van der Waals surface area contributed by atoms with Gasteiger partial charge in [-0.15, -0.1) is 0 Å². The second-order valence-electron chi connectivity index (χ2n) is 8.87. The molecule has 0 spiro atoms. The number of benzene rings is 4. The van der Waals surface area contributed by atoms with Crippen molar-refractivity contribution in [3.63, 3.8) is 0 Å². The van der Waals surface area contributed by atoms with E-state index < -0.39 is 23.3 Å². The molecule has 5 aromatic rings. The third kappa shape index (κ3) is 5.67. The van der Waals surface area contributed by atoms with Gasteiger partial charge in [-0.2, -0.15) is 0 Å². The molecule has 0 radical (unpaired) electrons. The van der Waals surface area contributed by atoms with Gasteiger partial charge < -0.3 is 9.47 Å². The number of hydrogen-bond acceptors (Lipinski definition) is 7. The molecule has 0 N–H and O–H groups in total. The number of Topliss-reactive ketones (excluding diaryl/α,β-unsaturated/α-hetero) is 1. The van der Waals surface area contributed by atoms with E-state index in [2.05, 4.69) is 0 Å². The maximum absolute atomic E-state index is 13.2. The minimum atomic E-state index is -0.655. The van der Waals surface area contributed by atoms with Crippen molar-refractivity contribution in [3.05, 3.63) is 129 Å². The maximum Gasteiger partial charge on any atom is 0.339 e. The zero-order valence-electron chi connectivity index (χ0n) is 21.2. The number of carbonyl (C=O) groups excluding carboxylic acids is 2. The third-order valence-corrected chi connectivity index (χ3v) is 6.66. The minimum Gasteiger partial charge on any atom is -0.457 e. The lowest BCUT2D eigenvalue weighted by molar-refractivity contribution is -0.384. The average Bonchev–Trinajstić information content (AvgIpc) is 2.98. The lowest BCUT2D eigenvalue weighted by atomic mass is 10.0. The number of aryl methyl sites for hydroxylation is 1. The first-order valence-corrected chi connectivity index (χ1v) is 12.6. The Labute approximate surface area is 233 Å². The van der Waals surface area contributed by atoms with E-state index in [4.69, 9.17) is 26.1 Å². The molecule has 198 valence electrons. The van der Waals surface area contributed by atoms with Crippen LogP contribution in [0.2, 0.25) is 5.02 Å². The van der Waals surface area contributed by atoms with Crippen molar-refractivity contribution in [3.8, 4) is 22.8 Å². The van der Waals surface area contributed by atoms with Crippen LogP contribution in [0.4, 0.5) is 5.69 Å². The van der Waals surface area contributed by atoms with E-state index in [-0.39, 0.29) is 11.3 Å². The van der Waals surface area contributed by atoms with Gasteiger partial charge in [-0.3, -0.25) is 14.9 Å². The summed E-state index contributed by atoms with van der Waals surface area (Å²) in [7, 11) is 0. The summed E-state index contributed by atoms with van der Waals surface area (Å²) in [6.45, 7) is 1.37. The number of carbonyl (C=O) groups is 2. The van der Waals surface area contributed by atoms with Gasteiger partial charge in [-0.1, -0.05) is 48.0 Å². The predicted octanol–water partition coefficient (Wildman–Crippen LogP) is 7.60. The van der Waals surface area contributed by atoms with Crippen molar-refractivity contribution in [2.75, 3.05) is 6.61 Å². The van der Waals surface area contributed by atoms with Crippen molar-refractivity contribution < 1.29 is 24.0 Å². The van der Waals surface area contributed by atoms with E-state index in [1.54, 1.807) is 42.5 Å². The molecule has 0 bridgehead atoms. The van der Waals surface area contributed by atoms with Crippen LogP contribution in [0, 0.1) is 17.0 Å². The molecule has 0 aliphatic rings. The first-order valence-electron chi connectivity index (χ1n) is 12.2. The van der Waals surface area contributed by atoms with E-state index in [9.17, 15) is 19.7 Å². The highest BCUT2D eigenvalue weighted by atomic mass is 35.5. The van der Waals surface area contributed by atoms with E-state index in [1.165, 1.54) is 24.3 Å². The van der Waals surface area contributed by atoms with E-state index in [0.717, 1.165) is 11.1 Å². The van der Waals surface area contributed by atoms with E-state index >= 15 is 0 Å². The van der Waals surface area contributed by atoms with Gasteiger partial charge in [0.15, 0.2) is 12.4 Å². The smallest absolute Gasteiger partial charge is 0.339 e. The first kappa shape index (κ1) is 26.5. The normalized spacial score (nSPS) is 10.8. The molecule has 0 saturated carbocycles. The predicted molar refractivity (Wildman–Crippen MR) is 151 cm³/mol. The van der Waals surface area contributed by atoms with Crippen LogP contribution in [-0.2, 0) is 4.74 Å². The Morgan fingerprint density at radius 3 is 2.20 bits per heavy atom. The number of aromatic nitrogens is 1. The Balaban J connectivity index is 1.31. The largest absolute Gasteiger partial charge is 0.457 e. The monoisotopic (exact) mass is 552 g/mol. The highest BCUT2D eigenvalue weighted by molar-refractivity contribution is 6.32. The number of hydrogen-bond donors (Lipinski definition) is 0. The molecule has 0 amide bonds. The number of non-ortho nitro benzene ring substituents is 1. The van der Waals surface area contributed by atoms with Crippen molar-refractivity contribution in [1.29, 1.82) is 0 Å². The van der Waals surface area contributed by atoms with Crippen LogP contribution in [0.25, 0.3) is 22.2 Å². The standard InChI is InChI=1S/C31H21ClN2O6/c1-19-27(32)16-15-25-26(17-28(33-30(19)25)20-5-3-2-4-6-20)31(36)39-18-29(35)21-7-11-23(12-8-21)40-24-13-9-22(10-14-24)34(37)38/h2-17H,18H2,1H3. The lowest BCUT2D eigenvalue weighted by Gasteiger charge is -2.12. The van der Waals surface area contributed by atoms with Crippen LogP contribution in [0.15, 0.2) is 97.1 Å². The second kappa shape index (κ2) is 11.3. The molecule has 4 aromatic carbocycles. The minimum absolute atomic E-state index is 0.0437. The number of halogens is 1. The molecule has 0 fully saturated rings. The fourth-order valence-corrected chi connectivity index (χ4v) is 4.26. The van der Waals surface area contributed by atoms with E-state index in [0.29, 0.717) is 38.7 Å². The van der Waals surface area contributed by atoms with Gasteiger partial charge in [-0.05, 0) is 61.0 Å². The lowest BCUT2D eigenvalue weighted by Crippen LogP contribution is -2.15. The van der Waals surface area contributed by atoms with Crippen LogP contribution in [0.1, 0.15) is 26.3 Å². The summed E-state index contributed by atoms with van der Waals surface area (Å²) in [5.74, 6) is -0.198. The van der Waals surface area contributed by atoms with Crippen LogP contribution < -0.4 is 4.74 Å². The molecule has 8 nitrogen and oxygen atoms in total. The van der Waals surface area contributed by atoms with Crippen molar-refractivity contribution in [2.45, 2.75) is 6.92 Å². The summed E-state index contributed by atoms with van der Waals surface area (Å²) >= 11 is 6.33. The highest BCUT2D eigenvalue weighted by Crippen LogP contribution is 2.31. The van der Waals surface area contributed by atoms with Crippen molar-refractivity contribution in [1.82, 2.24) is 4.98 Å². The summed E-state index contributed by atoms with van der Waals surface area (Å²) in [5, 5.41) is 11.9. The first-order chi connectivity index (χ1) is 19.3. The summed E-state index contributed by atoms with van der Waals surface area (Å²) < 4.78 is 11.1. The SMILES string of the molecule is Cc1c(Cl)ccc2c(C(=O)OCC(=O)c3ccc(Oc4ccc([N+](=O)[O-])cc4)cc3)cc(-c3ccccc3)nc12. The molecule has 0 aliphatic heterocycles. The zero-order valence-corrected chi connectivity index (χ0v) is 21.9. The van der Waals surface area contributed by atoms with Gasteiger partial charge in [0.05, 0.1) is 21.7 Å². The third-order valence-electron chi connectivity index (χ3n) is 6.25. The Morgan fingerprint density at radius 1 is 0.900 bits per heavy atom. The topological polar surface area (TPSA) is 109 Å². The number of ether oxygens (including phenoxy) is 2. The van der Waals surface area contributed by atoms with E-state index in [1.807, 2.05) is 37.3 Å². The number of nitro groups is 1. The van der Waals surface area contributed by atoms with Gasteiger partial charge in [0, 0.05) is 33.7 Å². The van der Waals surface area contributed by atoms with Gasteiger partial charge in [0.2, 0.25) is 0 Å².